The Bertz CT molecular complexity index is 454. The third-order valence-corrected chi connectivity index (χ3v) is 2.47. The summed E-state index contributed by atoms with van der Waals surface area (Å²) < 4.78 is 0. The van der Waals surface area contributed by atoms with Gasteiger partial charge in [-0.3, -0.25) is 4.84 Å². The van der Waals surface area contributed by atoms with Crippen molar-refractivity contribution in [3.8, 4) is 0 Å². The number of aliphatic carboxylic acids is 1. The molecule has 0 spiro atoms. The number of rotatable bonds is 6. The molecule has 0 fully saturated rings. The van der Waals surface area contributed by atoms with E-state index >= 15 is 0 Å². The normalized spacial score (nSPS) is 10.1. The lowest BCUT2D eigenvalue weighted by atomic mass is 10.2. The van der Waals surface area contributed by atoms with Crippen molar-refractivity contribution < 1.29 is 14.7 Å². The first-order chi connectivity index (χ1) is 8.49. The molecule has 0 atom stereocenters. The molecule has 0 aliphatic heterocycles. The molecule has 0 aliphatic carbocycles. The highest BCUT2D eigenvalue weighted by Gasteiger charge is 2.02. The quantitative estimate of drug-likeness (QED) is 0.422. The van der Waals surface area contributed by atoms with Crippen molar-refractivity contribution in [1.29, 1.82) is 0 Å². The molecule has 1 aromatic rings. The number of hydroxylamine groups is 1. The zero-order valence-corrected chi connectivity index (χ0v) is 11.3. The zero-order chi connectivity index (χ0) is 13.5. The van der Waals surface area contributed by atoms with Gasteiger partial charge < -0.3 is 10.4 Å². The molecule has 1 rings (SSSR count). The SMILES string of the molecule is Cc1cc(Cl)ccc1NC(=S)CNOCC(=O)O. The Kier molecular flexibility index (Phi) is 6.00. The summed E-state index contributed by atoms with van der Waals surface area (Å²) in [7, 11) is 0. The Balaban J connectivity index is 2.38. The number of hydrogen-bond acceptors (Lipinski definition) is 4. The minimum Gasteiger partial charge on any atom is -0.479 e. The van der Waals surface area contributed by atoms with Crippen molar-refractivity contribution in [2.24, 2.45) is 0 Å². The van der Waals surface area contributed by atoms with Crippen LogP contribution < -0.4 is 10.8 Å². The van der Waals surface area contributed by atoms with Gasteiger partial charge in [-0.05, 0) is 30.7 Å². The molecule has 0 radical (unpaired) electrons. The van der Waals surface area contributed by atoms with Crippen LogP contribution >= 0.6 is 23.8 Å². The lowest BCUT2D eigenvalue weighted by molar-refractivity contribution is -0.144. The summed E-state index contributed by atoms with van der Waals surface area (Å²) in [5.41, 5.74) is 4.28. The molecule has 0 saturated carbocycles. The van der Waals surface area contributed by atoms with Gasteiger partial charge in [0, 0.05) is 10.7 Å². The molecule has 3 N–H and O–H groups in total. The van der Waals surface area contributed by atoms with E-state index in [-0.39, 0.29) is 6.54 Å². The van der Waals surface area contributed by atoms with Gasteiger partial charge in [-0.15, -0.1) is 0 Å². The van der Waals surface area contributed by atoms with E-state index in [0.717, 1.165) is 11.3 Å². The van der Waals surface area contributed by atoms with E-state index in [9.17, 15) is 4.79 Å². The van der Waals surface area contributed by atoms with Gasteiger partial charge >= 0.3 is 5.97 Å². The molecule has 5 nitrogen and oxygen atoms in total. The van der Waals surface area contributed by atoms with E-state index in [2.05, 4.69) is 15.6 Å². The first-order valence-corrected chi connectivity index (χ1v) is 5.90. The Labute approximate surface area is 115 Å². The fourth-order valence-electron chi connectivity index (χ4n) is 1.19. The van der Waals surface area contributed by atoms with Crippen LogP contribution in [-0.2, 0) is 9.63 Å². The predicted molar refractivity (Wildman–Crippen MR) is 74.0 cm³/mol. The Morgan fingerprint density at radius 1 is 1.56 bits per heavy atom. The number of aryl methyl sites for hydroxylation is 1. The first-order valence-electron chi connectivity index (χ1n) is 5.11. The molecule has 0 aliphatic rings. The van der Waals surface area contributed by atoms with Gasteiger partial charge in [0.15, 0.2) is 6.61 Å². The van der Waals surface area contributed by atoms with Crippen LogP contribution in [0.3, 0.4) is 0 Å². The van der Waals surface area contributed by atoms with Crippen molar-refractivity contribution in [1.82, 2.24) is 5.48 Å². The van der Waals surface area contributed by atoms with Crippen LogP contribution in [-0.4, -0.2) is 29.2 Å². The van der Waals surface area contributed by atoms with Crippen molar-refractivity contribution in [3.05, 3.63) is 28.8 Å². The number of anilines is 1. The summed E-state index contributed by atoms with van der Waals surface area (Å²) >= 11 is 10.9. The fourth-order valence-corrected chi connectivity index (χ4v) is 1.59. The standard InChI is InChI=1S/C11H13ClN2O3S/c1-7-4-8(12)2-3-9(7)14-10(18)5-13-17-6-11(15)16/h2-4,13H,5-6H2,1H3,(H,14,18)(H,15,16). The maximum absolute atomic E-state index is 10.2. The molecule has 0 aromatic heterocycles. The second kappa shape index (κ2) is 7.27. The molecule has 0 saturated heterocycles. The van der Waals surface area contributed by atoms with Crippen LogP contribution in [0.2, 0.25) is 5.02 Å². The maximum Gasteiger partial charge on any atom is 0.331 e. The average Bonchev–Trinajstić information content (AvgIpc) is 2.28. The van der Waals surface area contributed by atoms with E-state index in [0.29, 0.717) is 10.0 Å². The number of hydrogen-bond donors (Lipinski definition) is 3. The predicted octanol–water partition coefficient (Wildman–Crippen LogP) is 1.99. The minimum absolute atomic E-state index is 0.227. The highest BCUT2D eigenvalue weighted by Crippen LogP contribution is 2.19. The molecule has 1 aromatic carbocycles. The van der Waals surface area contributed by atoms with Crippen LogP contribution in [0.5, 0.6) is 0 Å². The van der Waals surface area contributed by atoms with Crippen LogP contribution in [0.15, 0.2) is 18.2 Å². The molecule has 0 bridgehead atoms. The Morgan fingerprint density at radius 2 is 2.28 bits per heavy atom. The van der Waals surface area contributed by atoms with E-state index in [1.807, 2.05) is 19.1 Å². The minimum atomic E-state index is -1.05. The van der Waals surface area contributed by atoms with Crippen LogP contribution in [0.4, 0.5) is 5.69 Å². The highest BCUT2D eigenvalue weighted by molar-refractivity contribution is 7.80. The monoisotopic (exact) mass is 288 g/mol. The van der Waals surface area contributed by atoms with E-state index < -0.39 is 12.6 Å². The van der Waals surface area contributed by atoms with Crippen LogP contribution in [0.25, 0.3) is 0 Å². The van der Waals surface area contributed by atoms with E-state index in [4.69, 9.17) is 28.9 Å². The molecular weight excluding hydrogens is 276 g/mol. The van der Waals surface area contributed by atoms with Crippen molar-refractivity contribution in [3.63, 3.8) is 0 Å². The molecule has 0 amide bonds. The number of nitrogens with one attached hydrogen (secondary N) is 2. The van der Waals surface area contributed by atoms with Gasteiger partial charge in [0.2, 0.25) is 0 Å². The Hall–Kier alpha value is -1.21. The largest absolute Gasteiger partial charge is 0.479 e. The number of benzene rings is 1. The topological polar surface area (TPSA) is 70.6 Å². The molecule has 98 valence electrons. The third-order valence-electron chi connectivity index (χ3n) is 1.99. The summed E-state index contributed by atoms with van der Waals surface area (Å²) in [6.07, 6.45) is 0. The third kappa shape index (κ3) is 5.42. The number of carboxylic acids is 1. The summed E-state index contributed by atoms with van der Waals surface area (Å²) in [5.74, 6) is -1.05. The zero-order valence-electron chi connectivity index (χ0n) is 9.70. The van der Waals surface area contributed by atoms with Gasteiger partial charge in [0.25, 0.3) is 0 Å². The fraction of sp³-hybridized carbons (Fsp3) is 0.273. The first kappa shape index (κ1) is 14.8. The van der Waals surface area contributed by atoms with Gasteiger partial charge in [0.05, 0.1) is 11.5 Å². The second-order valence-corrected chi connectivity index (χ2v) is 4.44. The second-order valence-electron chi connectivity index (χ2n) is 3.51. The van der Waals surface area contributed by atoms with Gasteiger partial charge in [-0.2, -0.15) is 5.48 Å². The van der Waals surface area contributed by atoms with Gasteiger partial charge in [-0.25, -0.2) is 4.79 Å². The van der Waals surface area contributed by atoms with Crippen LogP contribution in [0, 0.1) is 6.92 Å². The van der Waals surface area contributed by atoms with Crippen LogP contribution in [0.1, 0.15) is 5.56 Å². The lowest BCUT2D eigenvalue weighted by Gasteiger charge is -2.11. The molecule has 0 heterocycles. The number of thiocarbonyl (C=S) groups is 1. The summed E-state index contributed by atoms with van der Waals surface area (Å²) in [6.45, 7) is 1.72. The van der Waals surface area contributed by atoms with Gasteiger partial charge in [-0.1, -0.05) is 23.8 Å². The summed E-state index contributed by atoms with van der Waals surface area (Å²) in [6, 6.07) is 5.40. The Morgan fingerprint density at radius 3 is 2.89 bits per heavy atom. The van der Waals surface area contributed by atoms with E-state index in [1.54, 1.807) is 6.07 Å². The molecular formula is C11H13ClN2O3S. The lowest BCUT2D eigenvalue weighted by Crippen LogP contribution is -2.28. The average molecular weight is 289 g/mol. The molecule has 0 unspecified atom stereocenters. The van der Waals surface area contributed by atoms with Crippen molar-refractivity contribution in [2.45, 2.75) is 6.92 Å². The summed E-state index contributed by atoms with van der Waals surface area (Å²) in [4.78, 5) is 15.3. The van der Waals surface area contributed by atoms with Crippen molar-refractivity contribution in [2.75, 3.05) is 18.5 Å². The number of carbonyl (C=O) groups is 1. The van der Waals surface area contributed by atoms with Crippen molar-refractivity contribution >= 4 is 40.5 Å². The molecule has 7 heteroatoms. The molecule has 18 heavy (non-hydrogen) atoms. The van der Waals surface area contributed by atoms with Gasteiger partial charge in [0.1, 0.15) is 0 Å². The highest BCUT2D eigenvalue weighted by atomic mass is 35.5. The number of halogens is 1. The summed E-state index contributed by atoms with van der Waals surface area (Å²) in [5, 5.41) is 12.0. The smallest absolute Gasteiger partial charge is 0.331 e. The number of carboxylic acid groups (broad SMARTS) is 1. The van der Waals surface area contributed by atoms with E-state index in [1.165, 1.54) is 0 Å². The maximum atomic E-state index is 10.2.